The first kappa shape index (κ1) is 30.1. The molecule has 3 aromatic rings. The van der Waals surface area contributed by atoms with Gasteiger partial charge in [0.15, 0.2) is 5.75 Å². The number of sulfonamides is 1. The summed E-state index contributed by atoms with van der Waals surface area (Å²) >= 11 is 12.3. The smallest absolute Gasteiger partial charge is 0.262 e. The number of aliphatic hydroxyl groups excluding tert-OH is 1. The van der Waals surface area contributed by atoms with Gasteiger partial charge in [0.2, 0.25) is 0 Å². The number of anilines is 1. The minimum atomic E-state index is -3.95. The van der Waals surface area contributed by atoms with Crippen LogP contribution in [0.1, 0.15) is 29.8 Å². The Kier molecular flexibility index (Phi) is 9.64. The molecule has 1 amide bonds. The Hall–Kier alpha value is -2.82. The molecule has 0 saturated carbocycles. The van der Waals surface area contributed by atoms with E-state index >= 15 is 0 Å². The summed E-state index contributed by atoms with van der Waals surface area (Å²) in [5, 5.41) is 10.9. The van der Waals surface area contributed by atoms with E-state index in [1.54, 1.807) is 54.3 Å². The Morgan fingerprint density at radius 1 is 1.10 bits per heavy atom. The second kappa shape index (κ2) is 12.8. The molecule has 0 aromatic heterocycles. The third-order valence-corrected chi connectivity index (χ3v) is 9.04. The molecule has 0 unspecified atom stereocenters. The number of hydrogen-bond acceptors (Lipinski definition) is 6. The van der Waals surface area contributed by atoms with Gasteiger partial charge in [0.05, 0.1) is 38.8 Å². The summed E-state index contributed by atoms with van der Waals surface area (Å²) in [5.41, 5.74) is 1.35. The van der Waals surface area contributed by atoms with E-state index in [9.17, 15) is 18.3 Å². The number of hydrogen-bond donors (Lipinski definition) is 2. The van der Waals surface area contributed by atoms with E-state index in [2.05, 4.69) is 9.62 Å². The number of nitrogens with one attached hydrogen (secondary N) is 1. The minimum absolute atomic E-state index is 0.0894. The molecule has 0 saturated heterocycles. The number of benzene rings is 3. The average Bonchev–Trinajstić information content (AvgIpc) is 2.93. The molecule has 0 fully saturated rings. The number of para-hydroxylation sites is 1. The Morgan fingerprint density at radius 2 is 1.82 bits per heavy atom. The number of halogens is 2. The fraction of sp³-hybridized carbons (Fsp3) is 0.345. The fourth-order valence-electron chi connectivity index (χ4n) is 4.67. The van der Waals surface area contributed by atoms with Crippen LogP contribution in [-0.2, 0) is 16.6 Å². The van der Waals surface area contributed by atoms with Gasteiger partial charge in [0, 0.05) is 25.6 Å². The first-order chi connectivity index (χ1) is 19.0. The highest BCUT2D eigenvalue weighted by atomic mass is 35.5. The van der Waals surface area contributed by atoms with E-state index in [-0.39, 0.29) is 40.3 Å². The third-order valence-electron chi connectivity index (χ3n) is 6.92. The van der Waals surface area contributed by atoms with Crippen molar-refractivity contribution < 1.29 is 23.1 Å². The quantitative estimate of drug-likeness (QED) is 0.350. The SMILES string of the molecule is C[C@H](CO)N1C[C@H](C)[C@@H](CN(C)Cc2ccc(Cl)c(Cl)c2)Oc2c(NS(=O)(=O)c3ccccc3)cccc2C1=O. The van der Waals surface area contributed by atoms with Crippen LogP contribution in [0, 0.1) is 5.92 Å². The van der Waals surface area contributed by atoms with Crippen molar-refractivity contribution in [2.24, 2.45) is 5.92 Å². The van der Waals surface area contributed by atoms with Crippen molar-refractivity contribution in [1.29, 1.82) is 0 Å². The first-order valence-electron chi connectivity index (χ1n) is 12.9. The van der Waals surface area contributed by atoms with E-state index in [0.717, 1.165) is 5.56 Å². The minimum Gasteiger partial charge on any atom is -0.486 e. The van der Waals surface area contributed by atoms with E-state index in [0.29, 0.717) is 29.7 Å². The van der Waals surface area contributed by atoms with Crippen LogP contribution >= 0.6 is 23.2 Å². The van der Waals surface area contributed by atoms with E-state index in [1.165, 1.54) is 12.1 Å². The number of aliphatic hydroxyl groups is 1. The summed E-state index contributed by atoms with van der Waals surface area (Å²) in [6.07, 6.45) is -0.421. The molecule has 3 aromatic carbocycles. The lowest BCUT2D eigenvalue weighted by Gasteiger charge is -2.38. The van der Waals surface area contributed by atoms with Gasteiger partial charge in [0.1, 0.15) is 6.10 Å². The summed E-state index contributed by atoms with van der Waals surface area (Å²) < 4.78 is 35.5. The molecule has 0 spiro atoms. The molecule has 1 aliphatic rings. The predicted octanol–water partition coefficient (Wildman–Crippen LogP) is 5.15. The lowest BCUT2D eigenvalue weighted by Crippen LogP contribution is -2.49. The Bertz CT molecular complexity index is 1460. The predicted molar refractivity (Wildman–Crippen MR) is 158 cm³/mol. The largest absolute Gasteiger partial charge is 0.486 e. The second-order valence-corrected chi connectivity index (χ2v) is 12.7. The van der Waals surface area contributed by atoms with Gasteiger partial charge in [-0.25, -0.2) is 8.42 Å². The maximum atomic E-state index is 13.7. The van der Waals surface area contributed by atoms with Crippen LogP contribution in [0.2, 0.25) is 10.0 Å². The van der Waals surface area contributed by atoms with Gasteiger partial charge in [-0.05, 0) is 55.9 Å². The topological polar surface area (TPSA) is 99.2 Å². The Labute approximate surface area is 245 Å². The number of rotatable bonds is 9. The Balaban J connectivity index is 1.70. The van der Waals surface area contributed by atoms with Crippen molar-refractivity contribution in [2.45, 2.75) is 37.4 Å². The highest BCUT2D eigenvalue weighted by Crippen LogP contribution is 2.36. The van der Waals surface area contributed by atoms with Gasteiger partial charge in [0.25, 0.3) is 15.9 Å². The van der Waals surface area contributed by atoms with Crippen LogP contribution in [0.15, 0.2) is 71.6 Å². The lowest BCUT2D eigenvalue weighted by atomic mass is 9.99. The first-order valence-corrected chi connectivity index (χ1v) is 15.2. The average molecular weight is 607 g/mol. The van der Waals surface area contributed by atoms with Gasteiger partial charge in [-0.15, -0.1) is 0 Å². The number of carbonyl (C=O) groups is 1. The summed E-state index contributed by atoms with van der Waals surface area (Å²) in [7, 11) is -2.00. The van der Waals surface area contributed by atoms with Crippen LogP contribution in [-0.4, -0.2) is 68.1 Å². The molecule has 8 nitrogen and oxygen atoms in total. The van der Waals surface area contributed by atoms with Gasteiger partial charge in [-0.1, -0.05) is 60.5 Å². The maximum absolute atomic E-state index is 13.7. The standard InChI is InChI=1S/C29H33Cl2N3O5S/c1-19-15-34(20(2)18-35)29(36)23-10-7-11-26(32-40(37,38)22-8-5-4-6-9-22)28(23)39-27(19)17-33(3)16-21-12-13-24(30)25(31)14-21/h4-14,19-20,27,32,35H,15-18H2,1-3H3/t19-,20+,27+/m0/s1. The van der Waals surface area contributed by atoms with Gasteiger partial charge < -0.3 is 14.7 Å². The van der Waals surface area contributed by atoms with E-state index in [4.69, 9.17) is 27.9 Å². The second-order valence-electron chi connectivity index (χ2n) is 10.2. The zero-order chi connectivity index (χ0) is 29.0. The molecule has 214 valence electrons. The summed E-state index contributed by atoms with van der Waals surface area (Å²) in [4.78, 5) is 17.5. The number of amides is 1. The molecule has 2 N–H and O–H groups in total. The number of likely N-dealkylation sites (N-methyl/N-ethyl adjacent to an activating group) is 1. The molecular weight excluding hydrogens is 573 g/mol. The van der Waals surface area contributed by atoms with Crippen LogP contribution in [0.4, 0.5) is 5.69 Å². The van der Waals surface area contributed by atoms with E-state index < -0.39 is 22.2 Å². The highest BCUT2D eigenvalue weighted by molar-refractivity contribution is 7.92. The molecule has 0 radical (unpaired) electrons. The van der Waals surface area contributed by atoms with Crippen molar-refractivity contribution in [1.82, 2.24) is 9.80 Å². The number of fused-ring (bicyclic) bond motifs is 1. The van der Waals surface area contributed by atoms with Gasteiger partial charge in [-0.2, -0.15) is 0 Å². The monoisotopic (exact) mass is 605 g/mol. The molecule has 3 atom stereocenters. The lowest BCUT2D eigenvalue weighted by molar-refractivity contribution is 0.0344. The molecule has 0 aliphatic carbocycles. The number of nitrogens with zero attached hydrogens (tertiary/aromatic N) is 2. The van der Waals surface area contributed by atoms with Crippen molar-refractivity contribution in [3.05, 3.63) is 87.9 Å². The molecule has 11 heteroatoms. The maximum Gasteiger partial charge on any atom is 0.262 e. The van der Waals surface area contributed by atoms with Crippen LogP contribution < -0.4 is 9.46 Å². The Morgan fingerprint density at radius 3 is 2.50 bits per heavy atom. The fourth-order valence-corrected chi connectivity index (χ4v) is 6.07. The van der Waals surface area contributed by atoms with Crippen molar-refractivity contribution >= 4 is 44.8 Å². The van der Waals surface area contributed by atoms with Crippen LogP contribution in [0.25, 0.3) is 0 Å². The summed E-state index contributed by atoms with van der Waals surface area (Å²) in [5.74, 6) is -0.338. The number of ether oxygens (including phenoxy) is 1. The molecule has 4 rings (SSSR count). The van der Waals surface area contributed by atoms with Gasteiger partial charge >= 0.3 is 0 Å². The molecule has 1 aliphatic heterocycles. The summed E-state index contributed by atoms with van der Waals surface area (Å²) in [6.45, 7) is 4.93. The van der Waals surface area contributed by atoms with Crippen LogP contribution in [0.5, 0.6) is 5.75 Å². The normalized spacial score (nSPS) is 18.5. The van der Waals surface area contributed by atoms with Crippen molar-refractivity contribution in [3.63, 3.8) is 0 Å². The molecule has 1 heterocycles. The number of carbonyl (C=O) groups excluding carboxylic acids is 1. The third kappa shape index (κ3) is 6.90. The van der Waals surface area contributed by atoms with Crippen LogP contribution in [0.3, 0.4) is 0 Å². The van der Waals surface area contributed by atoms with Gasteiger partial charge in [-0.3, -0.25) is 14.4 Å². The highest BCUT2D eigenvalue weighted by Gasteiger charge is 2.35. The summed E-state index contributed by atoms with van der Waals surface area (Å²) in [6, 6.07) is 17.8. The molecule has 0 bridgehead atoms. The van der Waals surface area contributed by atoms with Crippen molar-refractivity contribution in [2.75, 3.05) is 31.5 Å². The van der Waals surface area contributed by atoms with Crippen molar-refractivity contribution in [3.8, 4) is 5.75 Å². The van der Waals surface area contributed by atoms with E-state index in [1.807, 2.05) is 26.1 Å². The zero-order valence-corrected chi connectivity index (χ0v) is 24.9. The molecular formula is C29H33Cl2N3O5S. The zero-order valence-electron chi connectivity index (χ0n) is 22.6. The molecule has 40 heavy (non-hydrogen) atoms.